The van der Waals surface area contributed by atoms with Crippen LogP contribution in [0.25, 0.3) is 10.6 Å². The second-order valence-electron chi connectivity index (χ2n) is 4.95. The summed E-state index contributed by atoms with van der Waals surface area (Å²) in [6, 6.07) is 10.8. The molecule has 1 heterocycles. The predicted molar refractivity (Wildman–Crippen MR) is 99.3 cm³/mol. The summed E-state index contributed by atoms with van der Waals surface area (Å²) in [4.78, 5) is 8.97. The molecule has 0 unspecified atom stereocenters. The lowest BCUT2D eigenvalue weighted by atomic mass is 10.2. The summed E-state index contributed by atoms with van der Waals surface area (Å²) in [6.07, 6.45) is 3.25. The Morgan fingerprint density at radius 1 is 1.33 bits per heavy atom. The number of aromatic nitrogens is 1. The van der Waals surface area contributed by atoms with Crippen LogP contribution in [0, 0.1) is 0 Å². The van der Waals surface area contributed by atoms with E-state index in [1.54, 1.807) is 11.3 Å². The van der Waals surface area contributed by atoms with Gasteiger partial charge >= 0.3 is 0 Å². The summed E-state index contributed by atoms with van der Waals surface area (Å²) in [6.45, 7) is 0.684. The summed E-state index contributed by atoms with van der Waals surface area (Å²) < 4.78 is 0. The maximum atomic E-state index is 5.80. The van der Waals surface area contributed by atoms with Crippen molar-refractivity contribution in [3.05, 3.63) is 41.4 Å². The Kier molecular flexibility index (Phi) is 5.98. The van der Waals surface area contributed by atoms with E-state index in [1.165, 1.54) is 18.4 Å². The highest BCUT2D eigenvalue weighted by atomic mass is 127. The molecule has 1 fully saturated rings. The van der Waals surface area contributed by atoms with Crippen LogP contribution in [-0.4, -0.2) is 23.5 Å². The molecule has 1 aliphatic carbocycles. The van der Waals surface area contributed by atoms with Crippen molar-refractivity contribution in [1.82, 2.24) is 10.3 Å². The number of halogens is 1. The Bertz CT molecular complexity index is 593. The minimum Gasteiger partial charge on any atom is -0.370 e. The van der Waals surface area contributed by atoms with E-state index >= 15 is 0 Å². The summed E-state index contributed by atoms with van der Waals surface area (Å²) in [7, 11) is 0. The first kappa shape index (κ1) is 16.2. The Hall–Kier alpha value is -1.15. The van der Waals surface area contributed by atoms with Gasteiger partial charge in [-0.05, 0) is 12.8 Å². The van der Waals surface area contributed by atoms with Crippen LogP contribution in [0.3, 0.4) is 0 Å². The van der Waals surface area contributed by atoms with Crippen LogP contribution < -0.4 is 11.1 Å². The first-order chi connectivity index (χ1) is 9.81. The number of nitrogens with zero attached hydrogens (tertiary/aromatic N) is 2. The third-order valence-corrected chi connectivity index (χ3v) is 4.09. The van der Waals surface area contributed by atoms with Crippen molar-refractivity contribution in [1.29, 1.82) is 0 Å². The molecule has 4 nitrogen and oxygen atoms in total. The van der Waals surface area contributed by atoms with Gasteiger partial charge in [-0.3, -0.25) is 4.99 Å². The number of hydrogen-bond acceptors (Lipinski definition) is 3. The smallest absolute Gasteiger partial charge is 0.188 e. The molecule has 0 spiro atoms. The number of nitrogens with one attached hydrogen (secondary N) is 1. The second-order valence-corrected chi connectivity index (χ2v) is 5.80. The molecule has 3 N–H and O–H groups in total. The summed E-state index contributed by atoms with van der Waals surface area (Å²) >= 11 is 1.68. The Morgan fingerprint density at radius 3 is 2.81 bits per heavy atom. The topological polar surface area (TPSA) is 63.3 Å². The molecule has 1 aliphatic rings. The van der Waals surface area contributed by atoms with Crippen LogP contribution in [0.15, 0.2) is 40.7 Å². The SMILES string of the molecule is I.NC(=NCCc1csc(-c2ccccc2)n1)NC1CC1. The zero-order valence-electron chi connectivity index (χ0n) is 11.7. The third-order valence-electron chi connectivity index (χ3n) is 3.15. The quantitative estimate of drug-likeness (QED) is 0.449. The first-order valence-corrected chi connectivity index (χ1v) is 7.75. The minimum atomic E-state index is 0. The molecule has 112 valence electrons. The third kappa shape index (κ3) is 4.96. The number of aliphatic imine (C=N–C) groups is 1. The van der Waals surface area contributed by atoms with Crippen molar-refractivity contribution in [3.63, 3.8) is 0 Å². The van der Waals surface area contributed by atoms with Crippen molar-refractivity contribution in [2.24, 2.45) is 10.7 Å². The molecule has 1 aromatic heterocycles. The van der Waals surface area contributed by atoms with E-state index in [4.69, 9.17) is 5.73 Å². The molecule has 3 rings (SSSR count). The summed E-state index contributed by atoms with van der Waals surface area (Å²) in [5.74, 6) is 0.561. The molecule has 0 atom stereocenters. The Morgan fingerprint density at radius 2 is 2.10 bits per heavy atom. The fourth-order valence-electron chi connectivity index (χ4n) is 1.91. The van der Waals surface area contributed by atoms with Gasteiger partial charge in [0.2, 0.25) is 0 Å². The van der Waals surface area contributed by atoms with Crippen molar-refractivity contribution in [3.8, 4) is 10.6 Å². The fourth-order valence-corrected chi connectivity index (χ4v) is 2.77. The van der Waals surface area contributed by atoms with Gasteiger partial charge in [0, 0.05) is 30.0 Å². The number of nitrogens with two attached hydrogens (primary N) is 1. The molecular weight excluding hydrogens is 395 g/mol. The molecule has 1 saturated carbocycles. The maximum Gasteiger partial charge on any atom is 0.188 e. The van der Waals surface area contributed by atoms with Gasteiger partial charge in [0.1, 0.15) is 5.01 Å². The molecule has 0 amide bonds. The largest absolute Gasteiger partial charge is 0.370 e. The minimum absolute atomic E-state index is 0. The molecule has 2 aromatic rings. The highest BCUT2D eigenvalue weighted by Gasteiger charge is 2.21. The predicted octanol–water partition coefficient (Wildman–Crippen LogP) is 3.04. The molecule has 0 saturated heterocycles. The summed E-state index contributed by atoms with van der Waals surface area (Å²) in [5, 5.41) is 6.34. The van der Waals surface area contributed by atoms with Gasteiger partial charge in [-0.15, -0.1) is 35.3 Å². The number of rotatable bonds is 5. The van der Waals surface area contributed by atoms with Crippen molar-refractivity contribution >= 4 is 41.3 Å². The lowest BCUT2D eigenvalue weighted by molar-refractivity contribution is 0.864. The number of thiazole rings is 1. The number of hydrogen-bond donors (Lipinski definition) is 2. The molecular formula is C15H19IN4S. The second kappa shape index (κ2) is 7.74. The van der Waals surface area contributed by atoms with Gasteiger partial charge in [-0.25, -0.2) is 4.98 Å². The van der Waals surface area contributed by atoms with Crippen LogP contribution in [0.2, 0.25) is 0 Å². The van der Waals surface area contributed by atoms with Gasteiger partial charge in [-0.2, -0.15) is 0 Å². The average molecular weight is 414 g/mol. The van der Waals surface area contributed by atoms with Crippen LogP contribution >= 0.6 is 35.3 Å². The molecule has 21 heavy (non-hydrogen) atoms. The van der Waals surface area contributed by atoms with E-state index in [-0.39, 0.29) is 24.0 Å². The van der Waals surface area contributed by atoms with E-state index in [2.05, 4.69) is 32.8 Å². The van der Waals surface area contributed by atoms with Gasteiger partial charge in [0.15, 0.2) is 5.96 Å². The Labute approximate surface area is 145 Å². The monoisotopic (exact) mass is 414 g/mol. The van der Waals surface area contributed by atoms with Crippen LogP contribution in [0.1, 0.15) is 18.5 Å². The van der Waals surface area contributed by atoms with Crippen LogP contribution in [0.5, 0.6) is 0 Å². The van der Waals surface area contributed by atoms with E-state index < -0.39 is 0 Å². The lowest BCUT2D eigenvalue weighted by Gasteiger charge is -2.01. The molecule has 6 heteroatoms. The van der Waals surface area contributed by atoms with E-state index in [1.807, 2.05) is 18.2 Å². The molecule has 0 aliphatic heterocycles. The Balaban J connectivity index is 0.00000161. The molecule has 1 aromatic carbocycles. The van der Waals surface area contributed by atoms with Crippen LogP contribution in [-0.2, 0) is 6.42 Å². The van der Waals surface area contributed by atoms with Crippen molar-refractivity contribution < 1.29 is 0 Å². The number of benzene rings is 1. The zero-order chi connectivity index (χ0) is 13.8. The maximum absolute atomic E-state index is 5.80. The lowest BCUT2D eigenvalue weighted by Crippen LogP contribution is -2.33. The van der Waals surface area contributed by atoms with Crippen molar-refractivity contribution in [2.45, 2.75) is 25.3 Å². The zero-order valence-corrected chi connectivity index (χ0v) is 14.8. The van der Waals surface area contributed by atoms with Crippen molar-refractivity contribution in [2.75, 3.05) is 6.54 Å². The van der Waals surface area contributed by atoms with E-state index in [9.17, 15) is 0 Å². The fraction of sp³-hybridized carbons (Fsp3) is 0.333. The summed E-state index contributed by atoms with van der Waals surface area (Å²) in [5.41, 5.74) is 8.05. The highest BCUT2D eigenvalue weighted by molar-refractivity contribution is 14.0. The normalized spacial score (nSPS) is 14.6. The number of guanidine groups is 1. The van der Waals surface area contributed by atoms with Gasteiger partial charge < -0.3 is 11.1 Å². The first-order valence-electron chi connectivity index (χ1n) is 6.87. The molecule has 0 bridgehead atoms. The van der Waals surface area contributed by atoms with E-state index in [0.717, 1.165) is 17.1 Å². The molecule has 0 radical (unpaired) electrons. The van der Waals surface area contributed by atoms with Gasteiger partial charge in [0.25, 0.3) is 0 Å². The highest BCUT2D eigenvalue weighted by Crippen LogP contribution is 2.23. The van der Waals surface area contributed by atoms with Crippen LogP contribution in [0.4, 0.5) is 0 Å². The van der Waals surface area contributed by atoms with Gasteiger partial charge in [-0.1, -0.05) is 30.3 Å². The van der Waals surface area contributed by atoms with Gasteiger partial charge in [0.05, 0.1) is 5.69 Å². The standard InChI is InChI=1S/C15H18N4S.HI/c16-15(19-12-6-7-12)17-9-8-13-10-20-14(18-13)11-4-2-1-3-5-11;/h1-5,10,12H,6-9H2,(H3,16,17,19);1H. The average Bonchev–Trinajstić information content (AvgIpc) is 3.15. The van der Waals surface area contributed by atoms with E-state index in [0.29, 0.717) is 18.5 Å².